The maximum atomic E-state index is 12.9. The number of carbonyl (C=O) groups excluding carboxylic acids is 1. The molecule has 1 amide bonds. The van der Waals surface area contributed by atoms with E-state index < -0.39 is 23.6 Å². The minimum atomic E-state index is -4.48. The van der Waals surface area contributed by atoms with Crippen molar-refractivity contribution in [2.75, 3.05) is 0 Å². The average molecular weight is 330 g/mol. The Labute approximate surface area is 135 Å². The lowest BCUT2D eigenvalue weighted by molar-refractivity contribution is -0.137. The van der Waals surface area contributed by atoms with Gasteiger partial charge in [0.1, 0.15) is 0 Å². The van der Waals surface area contributed by atoms with Crippen LogP contribution in [0.25, 0.3) is 10.9 Å². The number of hydrogen-bond donors (Lipinski definition) is 1. The van der Waals surface area contributed by atoms with Gasteiger partial charge in [0.2, 0.25) is 5.91 Å². The lowest BCUT2D eigenvalue weighted by Gasteiger charge is -2.17. The van der Waals surface area contributed by atoms with Gasteiger partial charge in [-0.1, -0.05) is 30.3 Å². The van der Waals surface area contributed by atoms with Crippen molar-refractivity contribution in [3.8, 4) is 0 Å². The predicted molar refractivity (Wildman–Crippen MR) is 84.2 cm³/mol. The van der Waals surface area contributed by atoms with Crippen molar-refractivity contribution in [2.24, 2.45) is 5.73 Å². The van der Waals surface area contributed by atoms with E-state index in [1.807, 2.05) is 6.07 Å². The van der Waals surface area contributed by atoms with E-state index in [-0.39, 0.29) is 5.56 Å². The average Bonchev–Trinajstić information content (AvgIpc) is 2.54. The van der Waals surface area contributed by atoms with Gasteiger partial charge in [-0.2, -0.15) is 13.2 Å². The number of carbonyl (C=O) groups is 1. The summed E-state index contributed by atoms with van der Waals surface area (Å²) in [7, 11) is 0. The zero-order valence-electron chi connectivity index (χ0n) is 12.4. The third-order valence-electron chi connectivity index (χ3n) is 3.79. The van der Waals surface area contributed by atoms with Crippen LogP contribution in [-0.4, -0.2) is 10.9 Å². The van der Waals surface area contributed by atoms with Gasteiger partial charge in [-0.05, 0) is 35.4 Å². The molecule has 6 heteroatoms. The van der Waals surface area contributed by atoms with Crippen LogP contribution in [0.3, 0.4) is 0 Å². The number of amides is 1. The summed E-state index contributed by atoms with van der Waals surface area (Å²) in [5.41, 5.74) is 6.13. The van der Waals surface area contributed by atoms with Gasteiger partial charge < -0.3 is 5.73 Å². The monoisotopic (exact) mass is 330 g/mol. The van der Waals surface area contributed by atoms with E-state index in [0.717, 1.165) is 23.0 Å². The number of pyridine rings is 1. The first-order chi connectivity index (χ1) is 11.4. The van der Waals surface area contributed by atoms with E-state index in [0.29, 0.717) is 5.56 Å². The Morgan fingerprint density at radius 1 is 1.00 bits per heavy atom. The molecule has 0 bridgehead atoms. The molecule has 1 unspecified atom stereocenters. The molecule has 24 heavy (non-hydrogen) atoms. The molecule has 0 saturated heterocycles. The second-order valence-corrected chi connectivity index (χ2v) is 5.41. The lowest BCUT2D eigenvalue weighted by atomic mass is 9.89. The Bertz CT molecular complexity index is 906. The summed E-state index contributed by atoms with van der Waals surface area (Å²) in [6.45, 7) is 0. The Balaban J connectivity index is 2.11. The lowest BCUT2D eigenvalue weighted by Crippen LogP contribution is -2.23. The third-order valence-corrected chi connectivity index (χ3v) is 3.79. The SMILES string of the molecule is NC(=O)C(c1cccc(C(F)(F)F)c1)c1ccc2ncccc2c1. The van der Waals surface area contributed by atoms with Crippen LogP contribution in [0.1, 0.15) is 22.6 Å². The topological polar surface area (TPSA) is 56.0 Å². The highest BCUT2D eigenvalue weighted by molar-refractivity contribution is 5.88. The Morgan fingerprint density at radius 3 is 2.46 bits per heavy atom. The van der Waals surface area contributed by atoms with Crippen LogP contribution >= 0.6 is 0 Å². The number of rotatable bonds is 3. The summed E-state index contributed by atoms with van der Waals surface area (Å²) in [5.74, 6) is -1.67. The fraction of sp³-hybridized carbons (Fsp3) is 0.111. The summed E-state index contributed by atoms with van der Waals surface area (Å²) in [4.78, 5) is 16.1. The first-order valence-corrected chi connectivity index (χ1v) is 7.17. The van der Waals surface area contributed by atoms with Crippen LogP contribution < -0.4 is 5.73 Å². The summed E-state index contributed by atoms with van der Waals surface area (Å²) < 4.78 is 38.8. The van der Waals surface area contributed by atoms with Crippen LogP contribution in [-0.2, 0) is 11.0 Å². The number of alkyl halides is 3. The molecule has 3 aromatic rings. The first-order valence-electron chi connectivity index (χ1n) is 7.17. The van der Waals surface area contributed by atoms with Crippen molar-refractivity contribution in [3.05, 3.63) is 77.5 Å². The Kier molecular flexibility index (Phi) is 3.97. The molecule has 0 spiro atoms. The zero-order chi connectivity index (χ0) is 17.3. The standard InChI is InChI=1S/C18H13F3N2O/c19-18(20,21)14-5-1-3-12(10-14)16(17(22)24)13-6-7-15-11(9-13)4-2-8-23-15/h1-10,16H,(H2,22,24). The van der Waals surface area contributed by atoms with Crippen molar-refractivity contribution in [3.63, 3.8) is 0 Å². The van der Waals surface area contributed by atoms with E-state index in [2.05, 4.69) is 4.98 Å². The van der Waals surface area contributed by atoms with E-state index in [4.69, 9.17) is 5.73 Å². The maximum Gasteiger partial charge on any atom is 0.416 e. The van der Waals surface area contributed by atoms with Gasteiger partial charge in [0, 0.05) is 11.6 Å². The van der Waals surface area contributed by atoms with E-state index in [1.54, 1.807) is 30.5 Å². The molecular formula is C18H13F3N2O. The number of hydrogen-bond acceptors (Lipinski definition) is 2. The maximum absolute atomic E-state index is 12.9. The van der Waals surface area contributed by atoms with Gasteiger partial charge in [-0.15, -0.1) is 0 Å². The van der Waals surface area contributed by atoms with E-state index in [9.17, 15) is 18.0 Å². The van der Waals surface area contributed by atoms with Gasteiger partial charge in [0.15, 0.2) is 0 Å². The molecule has 0 saturated carbocycles. The number of nitrogens with two attached hydrogens (primary N) is 1. The second kappa shape index (κ2) is 5.96. The van der Waals surface area contributed by atoms with Crippen molar-refractivity contribution in [2.45, 2.75) is 12.1 Å². The van der Waals surface area contributed by atoms with Gasteiger partial charge in [0.05, 0.1) is 17.0 Å². The smallest absolute Gasteiger partial charge is 0.369 e. The molecule has 0 aliphatic carbocycles. The number of fused-ring (bicyclic) bond motifs is 1. The highest BCUT2D eigenvalue weighted by Gasteiger charge is 2.32. The fourth-order valence-electron chi connectivity index (χ4n) is 2.69. The molecule has 1 heterocycles. The summed E-state index contributed by atoms with van der Waals surface area (Å²) in [6, 6.07) is 13.3. The van der Waals surface area contributed by atoms with E-state index in [1.165, 1.54) is 12.1 Å². The van der Waals surface area contributed by atoms with Gasteiger partial charge in [0.25, 0.3) is 0 Å². The molecule has 0 aliphatic heterocycles. The molecule has 0 fully saturated rings. The van der Waals surface area contributed by atoms with Crippen LogP contribution in [0.15, 0.2) is 60.8 Å². The van der Waals surface area contributed by atoms with Gasteiger partial charge in [-0.25, -0.2) is 0 Å². The number of benzene rings is 2. The van der Waals surface area contributed by atoms with Crippen molar-refractivity contribution in [1.82, 2.24) is 4.98 Å². The first kappa shape index (κ1) is 16.0. The molecule has 2 N–H and O–H groups in total. The molecular weight excluding hydrogens is 317 g/mol. The number of primary amides is 1. The van der Waals surface area contributed by atoms with Crippen molar-refractivity contribution < 1.29 is 18.0 Å². The zero-order valence-corrected chi connectivity index (χ0v) is 12.4. The molecule has 3 rings (SSSR count). The number of halogens is 3. The highest BCUT2D eigenvalue weighted by atomic mass is 19.4. The van der Waals surface area contributed by atoms with E-state index >= 15 is 0 Å². The normalized spacial score (nSPS) is 13.0. The van der Waals surface area contributed by atoms with Crippen LogP contribution in [0.4, 0.5) is 13.2 Å². The third kappa shape index (κ3) is 3.08. The minimum Gasteiger partial charge on any atom is -0.369 e. The number of aromatic nitrogens is 1. The quantitative estimate of drug-likeness (QED) is 0.792. The van der Waals surface area contributed by atoms with Gasteiger partial charge in [-0.3, -0.25) is 9.78 Å². The summed E-state index contributed by atoms with van der Waals surface area (Å²) in [5, 5.41) is 0.785. The predicted octanol–water partition coefficient (Wildman–Crippen LogP) is 3.87. The molecule has 0 radical (unpaired) electrons. The molecule has 0 aliphatic rings. The van der Waals surface area contributed by atoms with Crippen LogP contribution in [0, 0.1) is 0 Å². The number of nitrogens with zero attached hydrogens (tertiary/aromatic N) is 1. The summed E-state index contributed by atoms with van der Waals surface area (Å²) >= 11 is 0. The Hall–Kier alpha value is -2.89. The van der Waals surface area contributed by atoms with Gasteiger partial charge >= 0.3 is 6.18 Å². The summed E-state index contributed by atoms with van der Waals surface area (Å²) in [6.07, 6.45) is -2.84. The molecule has 2 aromatic carbocycles. The fourth-order valence-corrected chi connectivity index (χ4v) is 2.69. The molecule has 1 atom stereocenters. The van der Waals surface area contributed by atoms with Crippen molar-refractivity contribution >= 4 is 16.8 Å². The molecule has 3 nitrogen and oxygen atoms in total. The molecule has 122 valence electrons. The van der Waals surface area contributed by atoms with Crippen molar-refractivity contribution in [1.29, 1.82) is 0 Å². The minimum absolute atomic E-state index is 0.209. The second-order valence-electron chi connectivity index (χ2n) is 5.41. The van der Waals surface area contributed by atoms with Crippen LogP contribution in [0.5, 0.6) is 0 Å². The van der Waals surface area contributed by atoms with Crippen LogP contribution in [0.2, 0.25) is 0 Å². The Morgan fingerprint density at radius 2 is 1.75 bits per heavy atom. The largest absolute Gasteiger partial charge is 0.416 e. The molecule has 1 aromatic heterocycles. The highest BCUT2D eigenvalue weighted by Crippen LogP contribution is 2.33.